The van der Waals surface area contributed by atoms with E-state index in [1.165, 1.54) is 12.0 Å². The SMILES string of the molecule is CCC=C(NC1CC2=C(CCC=C2)C1)c1ccccc1Nc1nc(-c2cccnc2)nc2ccc(OC)cc12. The summed E-state index contributed by atoms with van der Waals surface area (Å²) in [4.78, 5) is 14.1. The Hall–Kier alpha value is -4.45. The van der Waals surface area contributed by atoms with Crippen LogP contribution in [0.5, 0.6) is 5.75 Å². The molecule has 2 aromatic carbocycles. The number of fused-ring (bicyclic) bond motifs is 1. The van der Waals surface area contributed by atoms with E-state index in [1.54, 1.807) is 25.1 Å². The van der Waals surface area contributed by atoms with Crippen LogP contribution in [-0.2, 0) is 0 Å². The number of hydrogen-bond donors (Lipinski definition) is 2. The molecule has 2 N–H and O–H groups in total. The van der Waals surface area contributed by atoms with Crippen LogP contribution in [0.2, 0.25) is 0 Å². The number of allylic oxidation sites excluding steroid dienone is 3. The van der Waals surface area contributed by atoms with E-state index in [-0.39, 0.29) is 0 Å². The second-order valence-corrected chi connectivity index (χ2v) is 10.0. The molecule has 1 unspecified atom stereocenters. The van der Waals surface area contributed by atoms with E-state index in [1.807, 2.05) is 30.3 Å². The molecule has 0 saturated heterocycles. The summed E-state index contributed by atoms with van der Waals surface area (Å²) in [5, 5.41) is 8.45. The number of hydrogen-bond acceptors (Lipinski definition) is 6. The zero-order chi connectivity index (χ0) is 26.6. The van der Waals surface area contributed by atoms with Crippen LogP contribution in [0.15, 0.2) is 96.4 Å². The van der Waals surface area contributed by atoms with Gasteiger partial charge in [-0.05, 0) is 74.1 Å². The van der Waals surface area contributed by atoms with Gasteiger partial charge >= 0.3 is 0 Å². The van der Waals surface area contributed by atoms with Gasteiger partial charge < -0.3 is 15.4 Å². The quantitative estimate of drug-likeness (QED) is 0.252. The zero-order valence-corrected chi connectivity index (χ0v) is 22.4. The molecular formula is C33H33N5O. The molecule has 4 aromatic rings. The van der Waals surface area contributed by atoms with Crippen molar-refractivity contribution in [1.82, 2.24) is 20.3 Å². The number of methoxy groups -OCH3 is 1. The monoisotopic (exact) mass is 515 g/mol. The highest BCUT2D eigenvalue weighted by molar-refractivity contribution is 5.94. The van der Waals surface area contributed by atoms with Gasteiger partial charge in [-0.1, -0.05) is 48.9 Å². The lowest BCUT2D eigenvalue weighted by Gasteiger charge is -2.21. The van der Waals surface area contributed by atoms with Crippen molar-refractivity contribution in [3.63, 3.8) is 0 Å². The number of para-hydroxylation sites is 1. The van der Waals surface area contributed by atoms with Gasteiger partial charge in [0.2, 0.25) is 0 Å². The van der Waals surface area contributed by atoms with Crippen LogP contribution in [0.1, 0.15) is 44.6 Å². The smallest absolute Gasteiger partial charge is 0.163 e. The number of pyridine rings is 1. The van der Waals surface area contributed by atoms with Crippen molar-refractivity contribution in [1.29, 1.82) is 0 Å². The van der Waals surface area contributed by atoms with Crippen LogP contribution >= 0.6 is 0 Å². The first kappa shape index (κ1) is 24.9. The Labute approximate surface area is 229 Å². The molecule has 2 aromatic heterocycles. The lowest BCUT2D eigenvalue weighted by Crippen LogP contribution is -2.26. The maximum atomic E-state index is 5.53. The third-order valence-corrected chi connectivity index (χ3v) is 7.41. The molecule has 39 heavy (non-hydrogen) atoms. The molecular weight excluding hydrogens is 482 g/mol. The van der Waals surface area contributed by atoms with Gasteiger partial charge in [0.1, 0.15) is 11.6 Å². The first-order chi connectivity index (χ1) is 19.2. The van der Waals surface area contributed by atoms with Crippen molar-refractivity contribution >= 4 is 28.1 Å². The number of aromatic nitrogens is 3. The number of rotatable bonds is 8. The second-order valence-electron chi connectivity index (χ2n) is 10.0. The summed E-state index contributed by atoms with van der Waals surface area (Å²) in [7, 11) is 1.67. The zero-order valence-electron chi connectivity index (χ0n) is 22.4. The van der Waals surface area contributed by atoms with Gasteiger partial charge in [0.15, 0.2) is 5.82 Å². The number of ether oxygens (including phenoxy) is 1. The molecule has 2 aliphatic carbocycles. The standard InChI is InChI=1S/C33H33N5O/c1-3-9-29(35-25-18-22-10-4-5-11-23(22)19-25)27-13-6-7-14-30(27)37-33-28-20-26(39-2)15-16-31(28)36-32(38-33)24-12-8-17-34-21-24/h4,6-10,12-17,20-21,25,35H,3,5,11,18-19H2,1-2H3,(H,36,37,38). The number of benzene rings is 2. The van der Waals surface area contributed by atoms with Crippen LogP contribution in [0.25, 0.3) is 28.0 Å². The van der Waals surface area contributed by atoms with Gasteiger partial charge in [-0.3, -0.25) is 4.98 Å². The predicted octanol–water partition coefficient (Wildman–Crippen LogP) is 7.59. The Morgan fingerprint density at radius 3 is 2.82 bits per heavy atom. The van der Waals surface area contributed by atoms with Crippen molar-refractivity contribution in [2.45, 2.75) is 45.1 Å². The van der Waals surface area contributed by atoms with Gasteiger partial charge in [-0.2, -0.15) is 0 Å². The summed E-state index contributed by atoms with van der Waals surface area (Å²) in [6.45, 7) is 2.18. The number of nitrogens with zero attached hydrogens (tertiary/aromatic N) is 3. The highest BCUT2D eigenvalue weighted by atomic mass is 16.5. The van der Waals surface area contributed by atoms with Crippen molar-refractivity contribution in [2.24, 2.45) is 0 Å². The van der Waals surface area contributed by atoms with E-state index in [0.717, 1.165) is 70.7 Å². The average Bonchev–Trinajstić information content (AvgIpc) is 3.40. The van der Waals surface area contributed by atoms with Crippen molar-refractivity contribution in [3.05, 3.63) is 102 Å². The average molecular weight is 516 g/mol. The van der Waals surface area contributed by atoms with E-state index < -0.39 is 0 Å². The van der Waals surface area contributed by atoms with Crippen molar-refractivity contribution in [3.8, 4) is 17.1 Å². The Balaban J connectivity index is 1.37. The molecule has 0 saturated carbocycles. The van der Waals surface area contributed by atoms with Crippen LogP contribution < -0.4 is 15.4 Å². The fraction of sp³-hybridized carbons (Fsp3) is 0.242. The normalized spacial score (nSPS) is 16.9. The van der Waals surface area contributed by atoms with E-state index in [9.17, 15) is 0 Å². The molecule has 0 aliphatic heterocycles. The summed E-state index contributed by atoms with van der Waals surface area (Å²) in [6, 6.07) is 18.6. The van der Waals surface area contributed by atoms with E-state index in [4.69, 9.17) is 14.7 Å². The fourth-order valence-corrected chi connectivity index (χ4v) is 5.52. The molecule has 2 heterocycles. The summed E-state index contributed by atoms with van der Waals surface area (Å²) < 4.78 is 5.53. The molecule has 6 nitrogen and oxygen atoms in total. The van der Waals surface area contributed by atoms with E-state index in [0.29, 0.717) is 11.9 Å². The lowest BCUT2D eigenvalue weighted by molar-refractivity contribution is 0.415. The molecule has 196 valence electrons. The largest absolute Gasteiger partial charge is 0.497 e. The van der Waals surface area contributed by atoms with Crippen LogP contribution in [0.4, 0.5) is 11.5 Å². The third-order valence-electron chi connectivity index (χ3n) is 7.41. The Kier molecular flexibility index (Phi) is 7.09. The molecule has 0 spiro atoms. The molecule has 0 radical (unpaired) electrons. The minimum absolute atomic E-state index is 0.407. The van der Waals surface area contributed by atoms with Crippen molar-refractivity contribution in [2.75, 3.05) is 12.4 Å². The molecule has 2 aliphatic rings. The third kappa shape index (κ3) is 5.28. The minimum Gasteiger partial charge on any atom is -0.497 e. The predicted molar refractivity (Wildman–Crippen MR) is 159 cm³/mol. The molecule has 0 bridgehead atoms. The molecule has 0 fully saturated rings. The lowest BCUT2D eigenvalue weighted by atomic mass is 10.0. The van der Waals surface area contributed by atoms with Crippen molar-refractivity contribution < 1.29 is 4.74 Å². The van der Waals surface area contributed by atoms with Gasteiger partial charge in [-0.25, -0.2) is 9.97 Å². The summed E-state index contributed by atoms with van der Waals surface area (Å²) in [5.41, 5.74) is 8.09. The van der Waals surface area contributed by atoms with Gasteiger partial charge in [0.05, 0.1) is 12.6 Å². The topological polar surface area (TPSA) is 72.0 Å². The van der Waals surface area contributed by atoms with Gasteiger partial charge in [0, 0.05) is 46.3 Å². The Morgan fingerprint density at radius 1 is 1.08 bits per heavy atom. The van der Waals surface area contributed by atoms with Crippen LogP contribution in [-0.4, -0.2) is 28.1 Å². The van der Waals surface area contributed by atoms with Crippen LogP contribution in [0.3, 0.4) is 0 Å². The minimum atomic E-state index is 0.407. The fourth-order valence-electron chi connectivity index (χ4n) is 5.52. The highest BCUT2D eigenvalue weighted by Crippen LogP contribution is 2.36. The molecule has 0 amide bonds. The molecule has 6 heteroatoms. The van der Waals surface area contributed by atoms with Crippen LogP contribution in [0, 0.1) is 0 Å². The summed E-state index contributed by atoms with van der Waals surface area (Å²) >= 11 is 0. The molecule has 1 atom stereocenters. The molecule has 6 rings (SSSR count). The summed E-state index contributed by atoms with van der Waals surface area (Å²) in [5.74, 6) is 2.11. The summed E-state index contributed by atoms with van der Waals surface area (Å²) in [6.07, 6.45) is 16.0. The Bertz CT molecular complexity index is 1590. The Morgan fingerprint density at radius 2 is 2.00 bits per heavy atom. The van der Waals surface area contributed by atoms with Gasteiger partial charge in [-0.15, -0.1) is 0 Å². The first-order valence-electron chi connectivity index (χ1n) is 13.7. The second kappa shape index (κ2) is 11.1. The number of anilines is 2. The maximum absolute atomic E-state index is 5.53. The highest BCUT2D eigenvalue weighted by Gasteiger charge is 2.25. The maximum Gasteiger partial charge on any atom is 0.163 e. The number of nitrogens with one attached hydrogen (secondary N) is 2. The van der Waals surface area contributed by atoms with Gasteiger partial charge in [0.25, 0.3) is 0 Å². The first-order valence-corrected chi connectivity index (χ1v) is 13.7. The van der Waals surface area contributed by atoms with E-state index in [2.05, 4.69) is 65.0 Å². The van der Waals surface area contributed by atoms with E-state index >= 15 is 0 Å².